The molecule has 2 aromatic rings. The van der Waals surface area contributed by atoms with Gasteiger partial charge in [-0.3, -0.25) is 4.79 Å². The molecule has 0 saturated heterocycles. The van der Waals surface area contributed by atoms with Crippen molar-refractivity contribution in [3.63, 3.8) is 0 Å². The van der Waals surface area contributed by atoms with Gasteiger partial charge in [0, 0.05) is 37.6 Å². The zero-order valence-electron chi connectivity index (χ0n) is 21.6. The van der Waals surface area contributed by atoms with Crippen LogP contribution in [0.1, 0.15) is 59.3 Å². The second-order valence-electron chi connectivity index (χ2n) is 8.05. The number of ether oxygens (including phenoxy) is 3. The van der Waals surface area contributed by atoms with Crippen LogP contribution in [0.3, 0.4) is 0 Å². The molecule has 0 bridgehead atoms. The van der Waals surface area contributed by atoms with Crippen molar-refractivity contribution in [1.82, 2.24) is 8.87 Å². The number of rotatable bonds is 13. The molecule has 0 aliphatic rings. The molecule has 2 rings (SSSR count). The Morgan fingerprint density at radius 1 is 1.09 bits per heavy atom. The molecular formula is C25H36N2O7S. The van der Waals surface area contributed by atoms with Gasteiger partial charge in [0.2, 0.25) is 10.0 Å². The second kappa shape index (κ2) is 12.3. The van der Waals surface area contributed by atoms with E-state index < -0.39 is 22.0 Å². The maximum atomic E-state index is 13.8. The lowest BCUT2D eigenvalue weighted by Crippen LogP contribution is -2.44. The van der Waals surface area contributed by atoms with E-state index in [4.69, 9.17) is 14.2 Å². The van der Waals surface area contributed by atoms with Gasteiger partial charge >= 0.3 is 5.97 Å². The molecule has 9 nitrogen and oxygen atoms in total. The number of hydrogen-bond acceptors (Lipinski definition) is 7. The number of carbonyl (C=O) groups excluding carboxylic acids is 2. The summed E-state index contributed by atoms with van der Waals surface area (Å²) in [7, 11) is -1.23. The van der Waals surface area contributed by atoms with Crippen LogP contribution in [0.4, 0.5) is 0 Å². The van der Waals surface area contributed by atoms with Crippen LogP contribution in [0.5, 0.6) is 5.75 Å². The zero-order chi connectivity index (χ0) is 26.3. The highest BCUT2D eigenvalue weighted by molar-refractivity contribution is 7.89. The summed E-state index contributed by atoms with van der Waals surface area (Å²) in [4.78, 5) is 26.2. The van der Waals surface area contributed by atoms with Gasteiger partial charge in [-0.25, -0.2) is 13.2 Å². The standard InChI is InChI=1S/C25H36N2O7S/c1-8-26-18(4)22(17(3)23(26)25(29)33-7)24(28)19(5)27(15-10-16-34-9-2)35(30,31)21-13-11-20(32-6)12-14-21/h11-14,19H,8-10,15-16H2,1-7H3. The molecule has 0 fully saturated rings. The van der Waals surface area contributed by atoms with Gasteiger partial charge in [0.15, 0.2) is 5.78 Å². The number of aromatic nitrogens is 1. The van der Waals surface area contributed by atoms with Crippen LogP contribution < -0.4 is 4.74 Å². The van der Waals surface area contributed by atoms with Crippen LogP contribution in [0.25, 0.3) is 0 Å². The van der Waals surface area contributed by atoms with Gasteiger partial charge < -0.3 is 18.8 Å². The van der Waals surface area contributed by atoms with Crippen molar-refractivity contribution in [1.29, 1.82) is 0 Å². The molecule has 1 unspecified atom stereocenters. The average molecular weight is 509 g/mol. The van der Waals surface area contributed by atoms with E-state index >= 15 is 0 Å². The smallest absolute Gasteiger partial charge is 0.354 e. The third-order valence-corrected chi connectivity index (χ3v) is 8.04. The molecule has 0 amide bonds. The molecule has 10 heteroatoms. The summed E-state index contributed by atoms with van der Waals surface area (Å²) in [5.74, 6) is -0.400. The van der Waals surface area contributed by atoms with E-state index in [2.05, 4.69) is 0 Å². The van der Waals surface area contributed by atoms with Gasteiger partial charge in [-0.1, -0.05) is 0 Å². The Morgan fingerprint density at radius 2 is 1.71 bits per heavy atom. The van der Waals surface area contributed by atoms with Gasteiger partial charge in [0.25, 0.3) is 0 Å². The number of Topliss-reactive ketones (excluding diaryl/α,β-unsaturated/α-hetero) is 1. The number of benzene rings is 1. The predicted molar refractivity (Wildman–Crippen MR) is 133 cm³/mol. The van der Waals surface area contributed by atoms with E-state index in [9.17, 15) is 18.0 Å². The molecule has 1 aromatic heterocycles. The van der Waals surface area contributed by atoms with Gasteiger partial charge in [-0.05, 0) is 70.9 Å². The third-order valence-electron chi connectivity index (χ3n) is 6.06. The summed E-state index contributed by atoms with van der Waals surface area (Å²) in [6.45, 7) is 10.2. The van der Waals surface area contributed by atoms with Crippen molar-refractivity contribution in [2.75, 3.05) is 34.0 Å². The highest BCUT2D eigenvalue weighted by Gasteiger charge is 2.36. The van der Waals surface area contributed by atoms with E-state index in [1.807, 2.05) is 13.8 Å². The molecule has 194 valence electrons. The molecule has 0 aliphatic heterocycles. The average Bonchev–Trinajstić information content (AvgIpc) is 3.11. The predicted octanol–water partition coefficient (Wildman–Crippen LogP) is 3.61. The minimum atomic E-state index is -4.02. The quantitative estimate of drug-likeness (QED) is 0.231. The summed E-state index contributed by atoms with van der Waals surface area (Å²) >= 11 is 0. The lowest BCUT2D eigenvalue weighted by Gasteiger charge is -2.28. The molecule has 1 atom stereocenters. The molecule has 0 radical (unpaired) electrons. The number of esters is 1. The number of carbonyl (C=O) groups is 2. The Kier molecular flexibility index (Phi) is 10.1. The fourth-order valence-corrected chi connectivity index (χ4v) is 5.86. The van der Waals surface area contributed by atoms with Crippen LogP contribution in [-0.2, 0) is 26.0 Å². The SMILES string of the molecule is CCOCCCN(C(C)C(=O)c1c(C)c(C(=O)OC)n(CC)c1C)S(=O)(=O)c1ccc(OC)cc1. The molecule has 1 heterocycles. The topological polar surface area (TPSA) is 104 Å². The summed E-state index contributed by atoms with van der Waals surface area (Å²) in [6.07, 6.45) is 0.419. The summed E-state index contributed by atoms with van der Waals surface area (Å²) in [5, 5.41) is 0. The molecular weight excluding hydrogens is 472 g/mol. The van der Waals surface area contributed by atoms with Gasteiger partial charge in [0.05, 0.1) is 25.2 Å². The van der Waals surface area contributed by atoms with Crippen molar-refractivity contribution in [3.8, 4) is 5.75 Å². The van der Waals surface area contributed by atoms with Crippen LogP contribution in [0.2, 0.25) is 0 Å². The first-order chi connectivity index (χ1) is 16.6. The number of sulfonamides is 1. The van der Waals surface area contributed by atoms with Crippen molar-refractivity contribution < 1.29 is 32.2 Å². The van der Waals surface area contributed by atoms with Gasteiger partial charge in [0.1, 0.15) is 11.4 Å². The largest absolute Gasteiger partial charge is 0.497 e. The minimum Gasteiger partial charge on any atom is -0.497 e. The van der Waals surface area contributed by atoms with E-state index in [1.165, 1.54) is 30.7 Å². The second-order valence-corrected chi connectivity index (χ2v) is 9.94. The Balaban J connectivity index is 2.53. The summed E-state index contributed by atoms with van der Waals surface area (Å²) in [5.41, 5.74) is 1.70. The number of nitrogens with zero attached hydrogens (tertiary/aromatic N) is 2. The van der Waals surface area contributed by atoms with E-state index in [1.54, 1.807) is 37.5 Å². The van der Waals surface area contributed by atoms with E-state index in [0.29, 0.717) is 54.4 Å². The third kappa shape index (κ3) is 5.94. The number of hydrogen-bond donors (Lipinski definition) is 0. The first kappa shape index (κ1) is 28.5. The molecule has 0 saturated carbocycles. The first-order valence-corrected chi connectivity index (χ1v) is 13.1. The van der Waals surface area contributed by atoms with E-state index in [-0.39, 0.29) is 17.2 Å². The fourth-order valence-electron chi connectivity index (χ4n) is 4.22. The maximum absolute atomic E-state index is 13.8. The maximum Gasteiger partial charge on any atom is 0.354 e. The van der Waals surface area contributed by atoms with E-state index in [0.717, 1.165) is 0 Å². The highest BCUT2D eigenvalue weighted by Crippen LogP contribution is 2.28. The summed E-state index contributed by atoms with van der Waals surface area (Å²) in [6, 6.07) is 5.03. The highest BCUT2D eigenvalue weighted by atomic mass is 32.2. The molecule has 0 aliphatic carbocycles. The summed E-state index contributed by atoms with van der Waals surface area (Å²) < 4.78 is 45.7. The number of methoxy groups -OCH3 is 2. The van der Waals surface area contributed by atoms with Crippen molar-refractivity contribution in [2.45, 2.75) is 58.5 Å². The van der Waals surface area contributed by atoms with Crippen LogP contribution in [0.15, 0.2) is 29.2 Å². The van der Waals surface area contributed by atoms with Crippen LogP contribution >= 0.6 is 0 Å². The Bertz CT molecular complexity index is 1140. The van der Waals surface area contributed by atoms with Crippen molar-refractivity contribution in [2.24, 2.45) is 0 Å². The van der Waals surface area contributed by atoms with Gasteiger partial charge in [-0.15, -0.1) is 0 Å². The Labute approximate surface area is 208 Å². The van der Waals surface area contributed by atoms with Gasteiger partial charge in [-0.2, -0.15) is 4.31 Å². The van der Waals surface area contributed by atoms with Crippen molar-refractivity contribution in [3.05, 3.63) is 46.8 Å². The van der Waals surface area contributed by atoms with Crippen molar-refractivity contribution >= 4 is 21.8 Å². The minimum absolute atomic E-state index is 0.0594. The Morgan fingerprint density at radius 3 is 2.23 bits per heavy atom. The lowest BCUT2D eigenvalue weighted by molar-refractivity contribution is 0.0587. The molecule has 1 aromatic carbocycles. The first-order valence-electron chi connectivity index (χ1n) is 11.6. The molecule has 0 spiro atoms. The molecule has 35 heavy (non-hydrogen) atoms. The van der Waals surface area contributed by atoms with Crippen LogP contribution in [-0.4, -0.2) is 69.1 Å². The monoisotopic (exact) mass is 508 g/mol. The Hall–Kier alpha value is -2.69. The molecule has 0 N–H and O–H groups in total. The van der Waals surface area contributed by atoms with Crippen LogP contribution in [0, 0.1) is 13.8 Å². The lowest BCUT2D eigenvalue weighted by atomic mass is 10.0. The fraction of sp³-hybridized carbons (Fsp3) is 0.520. The zero-order valence-corrected chi connectivity index (χ0v) is 22.4. The normalized spacial score (nSPS) is 12.6. The number of ketones is 1.